The van der Waals surface area contributed by atoms with E-state index in [0.717, 1.165) is 0 Å². The Balaban J connectivity index is 2.34. The van der Waals surface area contributed by atoms with E-state index in [0.29, 0.717) is 22.7 Å². The van der Waals surface area contributed by atoms with E-state index in [2.05, 4.69) is 31.0 Å². The lowest BCUT2D eigenvalue weighted by molar-refractivity contribution is 0.0525. The smallest absolute Gasteiger partial charge is 0.342 e. The molecule has 0 amide bonds. The molecule has 0 radical (unpaired) electrons. The highest BCUT2D eigenvalue weighted by molar-refractivity contribution is 9.10. The summed E-state index contributed by atoms with van der Waals surface area (Å²) >= 11 is 3.20. The van der Waals surface area contributed by atoms with Gasteiger partial charge in [0.15, 0.2) is 0 Å². The largest absolute Gasteiger partial charge is 0.462 e. The van der Waals surface area contributed by atoms with E-state index < -0.39 is 5.97 Å². The van der Waals surface area contributed by atoms with Crippen molar-refractivity contribution in [3.63, 3.8) is 0 Å². The van der Waals surface area contributed by atoms with Gasteiger partial charge in [-0.1, -0.05) is 0 Å². The number of rotatable bonds is 3. The molecule has 0 bridgehead atoms. The van der Waals surface area contributed by atoms with Gasteiger partial charge < -0.3 is 4.74 Å². The molecule has 2 heterocycles. The SMILES string of the molecule is CCOC(=O)c1cn(-c2ncccn2)nc1Br. The highest BCUT2D eigenvalue weighted by Crippen LogP contribution is 2.16. The summed E-state index contributed by atoms with van der Waals surface area (Å²) < 4.78 is 6.71. The van der Waals surface area contributed by atoms with Crippen LogP contribution in [0.15, 0.2) is 29.3 Å². The van der Waals surface area contributed by atoms with Gasteiger partial charge in [0, 0.05) is 18.6 Å². The average Bonchev–Trinajstić information content (AvgIpc) is 2.73. The summed E-state index contributed by atoms with van der Waals surface area (Å²) in [5.41, 5.74) is 0.347. The number of carbonyl (C=O) groups is 1. The van der Waals surface area contributed by atoms with Crippen LogP contribution in [0.1, 0.15) is 17.3 Å². The van der Waals surface area contributed by atoms with Crippen LogP contribution >= 0.6 is 15.9 Å². The van der Waals surface area contributed by atoms with Crippen molar-refractivity contribution in [3.05, 3.63) is 34.8 Å². The van der Waals surface area contributed by atoms with Crippen LogP contribution in [-0.2, 0) is 4.74 Å². The number of hydrogen-bond donors (Lipinski definition) is 0. The zero-order valence-corrected chi connectivity index (χ0v) is 10.6. The fourth-order valence-electron chi connectivity index (χ4n) is 1.21. The predicted molar refractivity (Wildman–Crippen MR) is 62.8 cm³/mol. The summed E-state index contributed by atoms with van der Waals surface area (Å²) in [7, 11) is 0. The van der Waals surface area contributed by atoms with Gasteiger partial charge in [-0.15, -0.1) is 0 Å². The van der Waals surface area contributed by atoms with Gasteiger partial charge in [0.1, 0.15) is 10.2 Å². The van der Waals surface area contributed by atoms with Crippen molar-refractivity contribution in [3.8, 4) is 5.95 Å². The van der Waals surface area contributed by atoms with Gasteiger partial charge in [-0.05, 0) is 28.9 Å². The molecule has 0 aliphatic carbocycles. The molecular weight excluding hydrogens is 288 g/mol. The summed E-state index contributed by atoms with van der Waals surface area (Å²) in [4.78, 5) is 19.6. The molecule has 88 valence electrons. The van der Waals surface area contributed by atoms with Crippen molar-refractivity contribution in [2.75, 3.05) is 6.61 Å². The molecule has 0 fully saturated rings. The minimum atomic E-state index is -0.429. The van der Waals surface area contributed by atoms with E-state index in [9.17, 15) is 4.79 Å². The summed E-state index contributed by atoms with van der Waals surface area (Å²) in [5, 5.41) is 4.09. The van der Waals surface area contributed by atoms with E-state index in [1.807, 2.05) is 0 Å². The second-order valence-corrected chi connectivity index (χ2v) is 3.80. The Bertz CT molecular complexity index is 526. The summed E-state index contributed by atoms with van der Waals surface area (Å²) in [6.45, 7) is 2.06. The summed E-state index contributed by atoms with van der Waals surface area (Å²) in [5.74, 6) is -0.0368. The third kappa shape index (κ3) is 2.50. The minimum Gasteiger partial charge on any atom is -0.462 e. The fraction of sp³-hybridized carbons (Fsp3) is 0.200. The van der Waals surface area contributed by atoms with Crippen LogP contribution in [0.3, 0.4) is 0 Å². The Morgan fingerprint density at radius 3 is 2.82 bits per heavy atom. The third-order valence-electron chi connectivity index (χ3n) is 1.92. The summed E-state index contributed by atoms with van der Waals surface area (Å²) in [6.07, 6.45) is 4.72. The van der Waals surface area contributed by atoms with E-state index in [-0.39, 0.29) is 0 Å². The molecule has 6 nitrogen and oxygen atoms in total. The van der Waals surface area contributed by atoms with Crippen molar-refractivity contribution in [2.24, 2.45) is 0 Å². The second kappa shape index (κ2) is 5.05. The zero-order chi connectivity index (χ0) is 12.3. The topological polar surface area (TPSA) is 69.9 Å². The van der Waals surface area contributed by atoms with E-state index in [1.54, 1.807) is 25.4 Å². The molecule has 0 unspecified atom stereocenters. The molecule has 0 saturated heterocycles. The number of ether oxygens (including phenoxy) is 1. The van der Waals surface area contributed by atoms with Gasteiger partial charge in [-0.2, -0.15) is 5.10 Å². The van der Waals surface area contributed by atoms with Crippen LogP contribution in [-0.4, -0.2) is 32.3 Å². The maximum Gasteiger partial charge on any atom is 0.342 e. The fourth-order valence-corrected chi connectivity index (χ4v) is 1.65. The van der Waals surface area contributed by atoms with Gasteiger partial charge in [0.05, 0.1) is 6.61 Å². The van der Waals surface area contributed by atoms with E-state index in [4.69, 9.17) is 4.74 Å². The number of nitrogens with zero attached hydrogens (tertiary/aromatic N) is 4. The molecule has 0 atom stereocenters. The van der Waals surface area contributed by atoms with Crippen LogP contribution in [0.4, 0.5) is 0 Å². The highest BCUT2D eigenvalue weighted by Gasteiger charge is 2.16. The molecule has 0 saturated carbocycles. The highest BCUT2D eigenvalue weighted by atomic mass is 79.9. The number of hydrogen-bond acceptors (Lipinski definition) is 5. The van der Waals surface area contributed by atoms with E-state index in [1.165, 1.54) is 10.9 Å². The molecule has 0 aliphatic rings. The normalized spacial score (nSPS) is 10.2. The number of halogens is 1. The predicted octanol–water partition coefficient (Wildman–Crippen LogP) is 1.60. The Kier molecular flexibility index (Phi) is 3.48. The first-order valence-electron chi connectivity index (χ1n) is 4.92. The van der Waals surface area contributed by atoms with Crippen molar-refractivity contribution in [2.45, 2.75) is 6.92 Å². The molecule has 0 aliphatic heterocycles. The molecular formula is C10H9BrN4O2. The zero-order valence-electron chi connectivity index (χ0n) is 9.00. The Labute approximate surface area is 106 Å². The third-order valence-corrected chi connectivity index (χ3v) is 2.51. The maximum atomic E-state index is 11.6. The van der Waals surface area contributed by atoms with Crippen molar-refractivity contribution in [1.29, 1.82) is 0 Å². The molecule has 17 heavy (non-hydrogen) atoms. The monoisotopic (exact) mass is 296 g/mol. The Hall–Kier alpha value is -1.76. The molecule has 0 aromatic carbocycles. The molecule has 2 rings (SSSR count). The average molecular weight is 297 g/mol. The van der Waals surface area contributed by atoms with Crippen LogP contribution in [0.5, 0.6) is 0 Å². The molecule has 2 aromatic rings. The number of aromatic nitrogens is 4. The van der Waals surface area contributed by atoms with Crippen LogP contribution in [0.25, 0.3) is 5.95 Å². The Morgan fingerprint density at radius 2 is 2.18 bits per heavy atom. The van der Waals surface area contributed by atoms with Crippen LogP contribution in [0.2, 0.25) is 0 Å². The first-order valence-corrected chi connectivity index (χ1v) is 5.71. The van der Waals surface area contributed by atoms with Gasteiger partial charge in [-0.25, -0.2) is 19.4 Å². The quantitative estimate of drug-likeness (QED) is 0.805. The van der Waals surface area contributed by atoms with Crippen LogP contribution < -0.4 is 0 Å². The van der Waals surface area contributed by atoms with Crippen molar-refractivity contribution in [1.82, 2.24) is 19.7 Å². The van der Waals surface area contributed by atoms with Crippen molar-refractivity contribution < 1.29 is 9.53 Å². The lowest BCUT2D eigenvalue weighted by Crippen LogP contribution is -2.04. The van der Waals surface area contributed by atoms with Gasteiger partial charge in [0.25, 0.3) is 0 Å². The number of carbonyl (C=O) groups excluding carboxylic acids is 1. The molecule has 7 heteroatoms. The Morgan fingerprint density at radius 1 is 1.47 bits per heavy atom. The standard InChI is InChI=1S/C10H9BrN4O2/c1-2-17-9(16)7-6-15(14-8(7)11)10-12-4-3-5-13-10/h3-6H,2H2,1H3. The van der Waals surface area contributed by atoms with Gasteiger partial charge in [0.2, 0.25) is 5.95 Å². The van der Waals surface area contributed by atoms with Gasteiger partial charge in [-0.3, -0.25) is 0 Å². The maximum absolute atomic E-state index is 11.6. The molecule has 2 aromatic heterocycles. The first kappa shape index (κ1) is 11.7. The van der Waals surface area contributed by atoms with E-state index >= 15 is 0 Å². The lowest BCUT2D eigenvalue weighted by atomic mass is 10.4. The molecule has 0 N–H and O–H groups in total. The molecule has 0 spiro atoms. The second-order valence-electron chi connectivity index (χ2n) is 3.05. The number of esters is 1. The first-order chi connectivity index (χ1) is 8.22. The summed E-state index contributed by atoms with van der Waals surface area (Å²) in [6, 6.07) is 1.70. The van der Waals surface area contributed by atoms with Crippen molar-refractivity contribution >= 4 is 21.9 Å². The van der Waals surface area contributed by atoms with Gasteiger partial charge >= 0.3 is 5.97 Å². The minimum absolute atomic E-state index is 0.318. The lowest BCUT2D eigenvalue weighted by Gasteiger charge is -1.97. The van der Waals surface area contributed by atoms with Crippen LogP contribution in [0, 0.1) is 0 Å².